The number of alkyl halides is 3. The van der Waals surface area contributed by atoms with Gasteiger partial charge < -0.3 is 5.32 Å². The van der Waals surface area contributed by atoms with Crippen LogP contribution in [0.15, 0.2) is 30.3 Å². The maximum atomic E-state index is 12.8. The van der Waals surface area contributed by atoms with Gasteiger partial charge in [0.15, 0.2) is 0 Å². The number of hydrogen-bond acceptors (Lipinski definition) is 1. The third kappa shape index (κ3) is 2.78. The molecule has 4 atom stereocenters. The lowest BCUT2D eigenvalue weighted by molar-refractivity contribution is -0.183. The topological polar surface area (TPSA) is 12.0 Å². The minimum atomic E-state index is -4.03. The fourth-order valence-electron chi connectivity index (χ4n) is 3.32. The summed E-state index contributed by atoms with van der Waals surface area (Å²) in [6, 6.07) is 10.2. The zero-order chi connectivity index (χ0) is 13.5. The zero-order valence-electron chi connectivity index (χ0n) is 10.7. The van der Waals surface area contributed by atoms with Crippen LogP contribution in [0.1, 0.15) is 30.7 Å². The van der Waals surface area contributed by atoms with Crippen molar-refractivity contribution >= 4 is 0 Å². The van der Waals surface area contributed by atoms with E-state index >= 15 is 0 Å². The maximum absolute atomic E-state index is 12.8. The number of rotatable bonds is 2. The van der Waals surface area contributed by atoms with E-state index in [1.165, 1.54) is 5.56 Å². The molecule has 1 aliphatic heterocycles. The van der Waals surface area contributed by atoms with Gasteiger partial charge in [-0.3, -0.25) is 0 Å². The van der Waals surface area contributed by atoms with Crippen molar-refractivity contribution in [1.29, 1.82) is 0 Å². The second-order valence-corrected chi connectivity index (χ2v) is 5.74. The quantitative estimate of drug-likeness (QED) is 0.862. The fraction of sp³-hybridized carbons (Fsp3) is 0.600. The summed E-state index contributed by atoms with van der Waals surface area (Å²) in [6.45, 7) is 0.493. The molecule has 4 heteroatoms. The first kappa shape index (κ1) is 13.0. The predicted molar refractivity (Wildman–Crippen MR) is 67.9 cm³/mol. The molecule has 0 aromatic heterocycles. The van der Waals surface area contributed by atoms with Gasteiger partial charge in [0.2, 0.25) is 0 Å². The van der Waals surface area contributed by atoms with Crippen LogP contribution in [-0.4, -0.2) is 18.8 Å². The second-order valence-electron chi connectivity index (χ2n) is 5.74. The Labute approximate surface area is 111 Å². The summed E-state index contributed by atoms with van der Waals surface area (Å²) in [5.41, 5.74) is 1.27. The van der Waals surface area contributed by atoms with Crippen LogP contribution in [0.4, 0.5) is 13.2 Å². The molecule has 104 valence electrons. The maximum Gasteiger partial charge on any atom is 0.391 e. The van der Waals surface area contributed by atoms with Crippen LogP contribution < -0.4 is 5.32 Å². The Bertz CT molecular complexity index is 429. The Kier molecular flexibility index (Phi) is 3.29. The molecule has 0 amide bonds. The first-order valence-electron chi connectivity index (χ1n) is 6.91. The summed E-state index contributed by atoms with van der Waals surface area (Å²) >= 11 is 0. The lowest BCUT2D eigenvalue weighted by Gasteiger charge is -2.32. The van der Waals surface area contributed by atoms with Crippen molar-refractivity contribution in [3.8, 4) is 0 Å². The smallest absolute Gasteiger partial charge is 0.314 e. The van der Waals surface area contributed by atoms with Crippen molar-refractivity contribution < 1.29 is 13.2 Å². The molecule has 1 saturated heterocycles. The summed E-state index contributed by atoms with van der Waals surface area (Å²) in [7, 11) is 0. The Hall–Kier alpha value is -1.03. The van der Waals surface area contributed by atoms with Gasteiger partial charge in [0.05, 0.1) is 5.92 Å². The highest BCUT2D eigenvalue weighted by molar-refractivity contribution is 5.26. The van der Waals surface area contributed by atoms with Gasteiger partial charge in [-0.05, 0) is 43.2 Å². The van der Waals surface area contributed by atoms with E-state index in [0.29, 0.717) is 18.4 Å². The van der Waals surface area contributed by atoms with Gasteiger partial charge in [-0.1, -0.05) is 30.3 Å². The summed E-state index contributed by atoms with van der Waals surface area (Å²) < 4.78 is 38.4. The van der Waals surface area contributed by atoms with Crippen molar-refractivity contribution in [2.75, 3.05) is 6.54 Å². The van der Waals surface area contributed by atoms with Crippen LogP contribution >= 0.6 is 0 Å². The lowest BCUT2D eigenvalue weighted by Crippen LogP contribution is -2.44. The molecule has 0 bridgehead atoms. The largest absolute Gasteiger partial charge is 0.391 e. The second kappa shape index (κ2) is 4.82. The van der Waals surface area contributed by atoms with Crippen molar-refractivity contribution in [1.82, 2.24) is 5.32 Å². The number of halogens is 3. The summed E-state index contributed by atoms with van der Waals surface area (Å²) in [5.74, 6) is -0.283. The molecular weight excluding hydrogens is 251 g/mol. The molecule has 1 aromatic carbocycles. The highest BCUT2D eigenvalue weighted by atomic mass is 19.4. The van der Waals surface area contributed by atoms with E-state index < -0.39 is 12.1 Å². The minimum absolute atomic E-state index is 0.0329. The molecule has 1 N–H and O–H groups in total. The third-order valence-corrected chi connectivity index (χ3v) is 4.49. The van der Waals surface area contributed by atoms with Gasteiger partial charge in [0.1, 0.15) is 0 Å². The summed E-state index contributed by atoms with van der Waals surface area (Å²) in [6.07, 6.45) is -2.54. The van der Waals surface area contributed by atoms with Crippen molar-refractivity contribution in [2.24, 2.45) is 11.8 Å². The van der Waals surface area contributed by atoms with Gasteiger partial charge in [-0.15, -0.1) is 0 Å². The Balaban J connectivity index is 1.62. The molecule has 0 radical (unpaired) electrons. The molecule has 19 heavy (non-hydrogen) atoms. The molecule has 4 unspecified atom stereocenters. The number of benzene rings is 1. The van der Waals surface area contributed by atoms with E-state index in [1.54, 1.807) is 0 Å². The highest BCUT2D eigenvalue weighted by Crippen LogP contribution is 2.52. The average Bonchev–Trinajstić information content (AvgIpc) is 3.19. The van der Waals surface area contributed by atoms with Crippen molar-refractivity contribution in [2.45, 2.75) is 37.4 Å². The standard InChI is InChI=1S/C15H18F3N/c16-15(17,18)11-6-7-19-14(8-11)13-9-12(13)10-4-2-1-3-5-10/h1-5,11-14,19H,6-9H2. The van der Waals surface area contributed by atoms with E-state index in [2.05, 4.69) is 17.4 Å². The lowest BCUT2D eigenvalue weighted by atomic mass is 9.88. The third-order valence-electron chi connectivity index (χ3n) is 4.49. The van der Waals surface area contributed by atoms with E-state index in [4.69, 9.17) is 0 Å². The van der Waals surface area contributed by atoms with Gasteiger partial charge in [0, 0.05) is 6.04 Å². The van der Waals surface area contributed by atoms with E-state index in [1.807, 2.05) is 18.2 Å². The summed E-state index contributed by atoms with van der Waals surface area (Å²) in [5, 5.41) is 3.28. The minimum Gasteiger partial charge on any atom is -0.314 e. The monoisotopic (exact) mass is 269 g/mol. The van der Waals surface area contributed by atoms with E-state index in [0.717, 1.165) is 6.42 Å². The van der Waals surface area contributed by atoms with Gasteiger partial charge in [-0.25, -0.2) is 0 Å². The van der Waals surface area contributed by atoms with Crippen molar-refractivity contribution in [3.05, 3.63) is 35.9 Å². The Morgan fingerprint density at radius 3 is 2.47 bits per heavy atom. The summed E-state index contributed by atoms with van der Waals surface area (Å²) in [4.78, 5) is 0. The first-order valence-corrected chi connectivity index (χ1v) is 6.91. The van der Waals surface area contributed by atoms with Crippen molar-refractivity contribution in [3.63, 3.8) is 0 Å². The first-order chi connectivity index (χ1) is 9.05. The van der Waals surface area contributed by atoms with E-state index in [-0.39, 0.29) is 18.9 Å². The molecule has 1 saturated carbocycles. The molecule has 1 aliphatic carbocycles. The Morgan fingerprint density at radius 2 is 1.79 bits per heavy atom. The molecule has 1 nitrogen and oxygen atoms in total. The fourth-order valence-corrected chi connectivity index (χ4v) is 3.32. The average molecular weight is 269 g/mol. The number of hydrogen-bond donors (Lipinski definition) is 1. The van der Waals surface area contributed by atoms with Crippen LogP contribution in [0.3, 0.4) is 0 Å². The molecule has 0 spiro atoms. The molecule has 2 fully saturated rings. The molecular formula is C15H18F3N. The van der Waals surface area contributed by atoms with Crippen LogP contribution in [-0.2, 0) is 0 Å². The molecule has 1 aromatic rings. The van der Waals surface area contributed by atoms with Gasteiger partial charge in [-0.2, -0.15) is 13.2 Å². The highest BCUT2D eigenvalue weighted by Gasteiger charge is 2.49. The predicted octanol–water partition coefficient (Wildman–Crippen LogP) is 3.72. The zero-order valence-corrected chi connectivity index (χ0v) is 10.7. The van der Waals surface area contributed by atoms with Gasteiger partial charge in [0.25, 0.3) is 0 Å². The van der Waals surface area contributed by atoms with E-state index in [9.17, 15) is 13.2 Å². The molecule has 2 aliphatic rings. The van der Waals surface area contributed by atoms with Crippen LogP contribution in [0.2, 0.25) is 0 Å². The van der Waals surface area contributed by atoms with Crippen LogP contribution in [0.5, 0.6) is 0 Å². The SMILES string of the molecule is FC(F)(F)C1CCNC(C2CC2c2ccccc2)C1. The Morgan fingerprint density at radius 1 is 1.05 bits per heavy atom. The number of nitrogens with one attached hydrogen (secondary N) is 1. The molecule has 3 rings (SSSR count). The molecule has 1 heterocycles. The van der Waals surface area contributed by atoms with Gasteiger partial charge >= 0.3 is 6.18 Å². The van der Waals surface area contributed by atoms with Crippen LogP contribution in [0, 0.1) is 11.8 Å². The number of piperidine rings is 1. The van der Waals surface area contributed by atoms with Crippen LogP contribution in [0.25, 0.3) is 0 Å². The normalized spacial score (nSPS) is 35.1.